The highest BCUT2D eigenvalue weighted by Gasteiger charge is 2.31. The number of nitrogens with one attached hydrogen (secondary N) is 1. The summed E-state index contributed by atoms with van der Waals surface area (Å²) < 4.78 is 11.2. The van der Waals surface area contributed by atoms with E-state index in [1.54, 1.807) is 0 Å². The Morgan fingerprint density at radius 3 is 2.20 bits per heavy atom. The SMILES string of the molecule is CCC.CCCCOCC.CN[C@@H](c1cccc(OC2CCCC2)c1)C1CC1.CO.[HH]. The second kappa shape index (κ2) is 19.8. The van der Waals surface area contributed by atoms with Gasteiger partial charge in [0.25, 0.3) is 0 Å². The topological polar surface area (TPSA) is 50.7 Å². The van der Waals surface area contributed by atoms with Gasteiger partial charge in [-0.1, -0.05) is 45.7 Å². The van der Waals surface area contributed by atoms with Gasteiger partial charge in [-0.2, -0.15) is 0 Å². The second-order valence-electron chi connectivity index (χ2n) is 7.96. The van der Waals surface area contributed by atoms with E-state index < -0.39 is 0 Å². The molecule has 0 bridgehead atoms. The first kappa shape index (κ1) is 28.9. The molecule has 0 unspecified atom stereocenters. The van der Waals surface area contributed by atoms with Gasteiger partial charge < -0.3 is 19.9 Å². The molecule has 1 aromatic rings. The molecule has 3 rings (SSSR count). The van der Waals surface area contributed by atoms with Gasteiger partial charge >= 0.3 is 0 Å². The number of rotatable bonds is 9. The zero-order chi connectivity index (χ0) is 22.6. The maximum absolute atomic E-state index is 7.00. The molecule has 30 heavy (non-hydrogen) atoms. The van der Waals surface area contributed by atoms with Gasteiger partial charge in [-0.3, -0.25) is 0 Å². The Morgan fingerprint density at radius 2 is 1.70 bits per heavy atom. The molecule has 1 aromatic carbocycles. The van der Waals surface area contributed by atoms with Crippen LogP contribution in [0, 0.1) is 5.92 Å². The lowest BCUT2D eigenvalue weighted by atomic mass is 10.0. The summed E-state index contributed by atoms with van der Waals surface area (Å²) in [6.07, 6.45) is 12.0. The van der Waals surface area contributed by atoms with Crippen LogP contribution in [0.15, 0.2) is 24.3 Å². The summed E-state index contributed by atoms with van der Waals surface area (Å²) in [6.45, 7) is 10.2. The van der Waals surface area contributed by atoms with Crippen LogP contribution in [0.25, 0.3) is 0 Å². The second-order valence-corrected chi connectivity index (χ2v) is 7.96. The Bertz CT molecular complexity index is 487. The van der Waals surface area contributed by atoms with Gasteiger partial charge in [0.1, 0.15) is 5.75 Å². The molecule has 1 atom stereocenters. The van der Waals surface area contributed by atoms with Crippen LogP contribution < -0.4 is 10.1 Å². The van der Waals surface area contributed by atoms with E-state index in [0.717, 1.165) is 32.0 Å². The first-order valence-corrected chi connectivity index (χ1v) is 12.2. The van der Waals surface area contributed by atoms with Gasteiger partial charge in [0.2, 0.25) is 0 Å². The number of benzene rings is 1. The van der Waals surface area contributed by atoms with Gasteiger partial charge in [-0.25, -0.2) is 0 Å². The molecule has 4 nitrogen and oxygen atoms in total. The molecule has 0 spiro atoms. The van der Waals surface area contributed by atoms with Gasteiger partial charge in [-0.15, -0.1) is 0 Å². The fraction of sp³-hybridized carbons (Fsp3) is 0.769. The van der Waals surface area contributed by atoms with Crippen molar-refractivity contribution in [2.24, 2.45) is 5.92 Å². The van der Waals surface area contributed by atoms with Crippen molar-refractivity contribution in [2.45, 2.75) is 97.6 Å². The third-order valence-electron chi connectivity index (χ3n) is 5.07. The summed E-state index contributed by atoms with van der Waals surface area (Å²) in [4.78, 5) is 0. The Hall–Kier alpha value is -1.10. The van der Waals surface area contributed by atoms with E-state index in [4.69, 9.17) is 14.6 Å². The van der Waals surface area contributed by atoms with Crippen molar-refractivity contribution in [1.82, 2.24) is 5.32 Å². The fourth-order valence-electron chi connectivity index (χ4n) is 3.47. The molecule has 2 N–H and O–H groups in total. The maximum atomic E-state index is 7.00. The van der Waals surface area contributed by atoms with Crippen LogP contribution in [0.4, 0.5) is 0 Å². The highest BCUT2D eigenvalue weighted by Crippen LogP contribution is 2.41. The lowest BCUT2D eigenvalue weighted by molar-refractivity contribution is 0.144. The van der Waals surface area contributed by atoms with Gasteiger partial charge in [-0.05, 0) is 82.5 Å². The monoisotopic (exact) mass is 425 g/mol. The summed E-state index contributed by atoms with van der Waals surface area (Å²) in [6, 6.07) is 9.20. The molecule has 2 fully saturated rings. The van der Waals surface area contributed by atoms with E-state index in [9.17, 15) is 0 Å². The molecular formula is C26H51NO3. The Balaban J connectivity index is 0. The van der Waals surface area contributed by atoms with Gasteiger partial charge in [0.05, 0.1) is 6.10 Å². The highest BCUT2D eigenvalue weighted by atomic mass is 16.5. The molecule has 2 aliphatic carbocycles. The van der Waals surface area contributed by atoms with Crippen molar-refractivity contribution in [3.8, 4) is 5.75 Å². The lowest BCUT2D eigenvalue weighted by Crippen LogP contribution is -2.18. The zero-order valence-corrected chi connectivity index (χ0v) is 20.6. The van der Waals surface area contributed by atoms with E-state index >= 15 is 0 Å². The zero-order valence-electron chi connectivity index (χ0n) is 20.6. The normalized spacial score (nSPS) is 16.2. The first-order chi connectivity index (χ1) is 14.7. The average molecular weight is 426 g/mol. The number of aliphatic hydroxyl groups is 1. The van der Waals surface area contributed by atoms with Crippen molar-refractivity contribution in [3.05, 3.63) is 29.8 Å². The number of unbranched alkanes of at least 4 members (excludes halogenated alkanes) is 1. The summed E-state index contributed by atoms with van der Waals surface area (Å²) in [5, 5.41) is 10.4. The predicted molar refractivity (Wildman–Crippen MR) is 131 cm³/mol. The molecule has 2 saturated carbocycles. The quantitative estimate of drug-likeness (QED) is 0.429. The number of aliphatic hydroxyl groups excluding tert-OH is 1. The van der Waals surface area contributed by atoms with Gasteiger partial charge in [0.15, 0.2) is 0 Å². The molecule has 178 valence electrons. The molecular weight excluding hydrogens is 374 g/mol. The fourth-order valence-corrected chi connectivity index (χ4v) is 3.47. The predicted octanol–water partition coefficient (Wildman–Crippen LogP) is 6.77. The van der Waals surface area contributed by atoms with Crippen molar-refractivity contribution in [1.29, 1.82) is 0 Å². The molecule has 0 saturated heterocycles. The molecule has 2 aliphatic rings. The van der Waals surface area contributed by atoms with Crippen LogP contribution in [0.2, 0.25) is 0 Å². The summed E-state index contributed by atoms with van der Waals surface area (Å²) in [7, 11) is 3.06. The van der Waals surface area contributed by atoms with E-state index in [-0.39, 0.29) is 1.43 Å². The largest absolute Gasteiger partial charge is 0.490 e. The average Bonchev–Trinajstić information content (AvgIpc) is 3.47. The number of hydrogen-bond donors (Lipinski definition) is 2. The van der Waals surface area contributed by atoms with Crippen LogP contribution in [-0.4, -0.2) is 38.6 Å². The summed E-state index contributed by atoms with van der Waals surface area (Å²) >= 11 is 0. The Morgan fingerprint density at radius 1 is 1.07 bits per heavy atom. The summed E-state index contributed by atoms with van der Waals surface area (Å²) in [5.74, 6) is 1.89. The van der Waals surface area contributed by atoms with Crippen LogP contribution in [0.5, 0.6) is 5.75 Å². The van der Waals surface area contributed by atoms with Crippen molar-refractivity contribution >= 4 is 0 Å². The third kappa shape index (κ3) is 13.3. The van der Waals surface area contributed by atoms with E-state index in [1.807, 2.05) is 6.92 Å². The van der Waals surface area contributed by atoms with E-state index in [0.29, 0.717) is 12.1 Å². The van der Waals surface area contributed by atoms with Crippen molar-refractivity contribution in [3.63, 3.8) is 0 Å². The van der Waals surface area contributed by atoms with Crippen LogP contribution in [0.1, 0.15) is 98.5 Å². The first-order valence-electron chi connectivity index (χ1n) is 12.2. The van der Waals surface area contributed by atoms with E-state index in [1.165, 1.54) is 63.4 Å². The van der Waals surface area contributed by atoms with Crippen molar-refractivity contribution in [2.75, 3.05) is 27.4 Å². The Labute approximate surface area is 188 Å². The van der Waals surface area contributed by atoms with Crippen LogP contribution in [-0.2, 0) is 4.74 Å². The van der Waals surface area contributed by atoms with E-state index in [2.05, 4.69) is 57.4 Å². The number of ether oxygens (including phenoxy) is 2. The highest BCUT2D eigenvalue weighted by molar-refractivity contribution is 5.31. The smallest absolute Gasteiger partial charge is 0.120 e. The van der Waals surface area contributed by atoms with Crippen LogP contribution in [0.3, 0.4) is 0 Å². The minimum absolute atomic E-state index is 0. The van der Waals surface area contributed by atoms with Crippen LogP contribution >= 0.6 is 0 Å². The molecule has 4 heteroatoms. The minimum Gasteiger partial charge on any atom is -0.490 e. The summed E-state index contributed by atoms with van der Waals surface area (Å²) in [5.41, 5.74) is 1.38. The lowest BCUT2D eigenvalue weighted by Gasteiger charge is -2.18. The molecule has 0 radical (unpaired) electrons. The number of hydrogen-bond acceptors (Lipinski definition) is 4. The third-order valence-corrected chi connectivity index (χ3v) is 5.07. The van der Waals surface area contributed by atoms with Crippen molar-refractivity contribution < 1.29 is 16.0 Å². The molecule has 0 aromatic heterocycles. The molecule has 0 heterocycles. The Kier molecular flexibility index (Phi) is 19.1. The van der Waals surface area contributed by atoms with Gasteiger partial charge in [0, 0.05) is 27.8 Å². The molecule has 0 amide bonds. The standard InChI is InChI=1S/C16H23NO.C6H14O.C3H8.CH4O.H2/c1-17-16(12-9-10-12)13-5-4-8-15(11-13)18-14-6-2-3-7-14;1-3-5-6-7-4-2;1-3-2;1-2;/h4-5,8,11-12,14,16-17H,2-3,6-7,9-10H2,1H3;3-6H2,1-2H3;3H2,1-2H3;2H,1H3;1H/t16-;;;;/m1..../s1. The molecule has 0 aliphatic heterocycles. The minimum atomic E-state index is 0. The maximum Gasteiger partial charge on any atom is 0.120 e.